The standard InChI is InChI=1S/C30H41N7O4S/c1-30(2,42-6)10-9-20-15-24(32-17-23(20)16-31)33-29(39)37-11-7-8-21-14-22(18-36-13-12-35(3)19-25(36)38)26(34-27(21)37)28(40-4)41-5/h14-15,17,28H,7-13,18-19H2,1-6H3,(H,32,33,39). The second-order valence-corrected chi connectivity index (χ2v) is 12.9. The highest BCUT2D eigenvalue weighted by Gasteiger charge is 2.30. The third kappa shape index (κ3) is 7.39. The molecule has 0 saturated carbocycles. The molecule has 2 aliphatic heterocycles. The number of fused-ring (bicyclic) bond motifs is 1. The summed E-state index contributed by atoms with van der Waals surface area (Å²) < 4.78 is 11.2. The number of hydrogen-bond donors (Lipinski definition) is 1. The second-order valence-electron chi connectivity index (χ2n) is 11.4. The van der Waals surface area contributed by atoms with Crippen molar-refractivity contribution < 1.29 is 19.1 Å². The summed E-state index contributed by atoms with van der Waals surface area (Å²) in [4.78, 5) is 41.0. The fourth-order valence-electron chi connectivity index (χ4n) is 5.19. The summed E-state index contributed by atoms with van der Waals surface area (Å²) in [5, 5.41) is 12.5. The molecule has 0 unspecified atom stereocenters. The normalized spacial score (nSPS) is 16.0. The van der Waals surface area contributed by atoms with Gasteiger partial charge in [0.15, 0.2) is 0 Å². The molecular weight excluding hydrogens is 554 g/mol. The molecule has 0 spiro atoms. The Hall–Kier alpha value is -3.24. The second kappa shape index (κ2) is 13.8. The van der Waals surface area contributed by atoms with Gasteiger partial charge in [0.2, 0.25) is 12.2 Å². The summed E-state index contributed by atoms with van der Waals surface area (Å²) in [6.07, 6.45) is 5.95. The van der Waals surface area contributed by atoms with E-state index in [1.54, 1.807) is 36.9 Å². The molecule has 1 fully saturated rings. The first kappa shape index (κ1) is 31.7. The SMILES string of the molecule is COC(OC)c1nc2c(cc1CN1CCN(C)CC1=O)CCCN2C(=O)Nc1cc(CCC(C)(C)SC)c(C#N)cn1. The summed E-state index contributed by atoms with van der Waals surface area (Å²) in [7, 11) is 5.02. The highest BCUT2D eigenvalue weighted by Crippen LogP contribution is 2.33. The largest absolute Gasteiger partial charge is 0.350 e. The van der Waals surface area contributed by atoms with Crippen LogP contribution in [0.5, 0.6) is 0 Å². The number of ether oxygens (including phenoxy) is 2. The number of aryl methyl sites for hydroxylation is 2. The van der Waals surface area contributed by atoms with Gasteiger partial charge in [0.1, 0.15) is 23.4 Å². The van der Waals surface area contributed by atoms with Crippen LogP contribution in [0.2, 0.25) is 0 Å². The number of thioether (sulfide) groups is 1. The van der Waals surface area contributed by atoms with Crippen molar-refractivity contribution in [2.75, 3.05) is 63.9 Å². The summed E-state index contributed by atoms with van der Waals surface area (Å²) in [5.41, 5.74) is 3.68. The van der Waals surface area contributed by atoms with E-state index in [2.05, 4.69) is 36.5 Å². The van der Waals surface area contributed by atoms with Crippen LogP contribution in [0.1, 0.15) is 60.9 Å². The van der Waals surface area contributed by atoms with Gasteiger partial charge in [-0.15, -0.1) is 0 Å². The number of amides is 3. The maximum Gasteiger partial charge on any atom is 0.328 e. The quantitative estimate of drug-likeness (QED) is 0.406. The first-order valence-corrected chi connectivity index (χ1v) is 15.4. The van der Waals surface area contributed by atoms with Crippen molar-refractivity contribution in [1.29, 1.82) is 5.26 Å². The zero-order valence-corrected chi connectivity index (χ0v) is 26.2. The van der Waals surface area contributed by atoms with E-state index in [0.29, 0.717) is 55.5 Å². The molecular formula is C30H41N7O4S. The number of nitrogens with zero attached hydrogens (tertiary/aromatic N) is 6. The number of hydrogen-bond acceptors (Lipinski definition) is 9. The van der Waals surface area contributed by atoms with E-state index in [1.165, 1.54) is 6.20 Å². The lowest BCUT2D eigenvalue weighted by molar-refractivity contribution is -0.136. The molecule has 2 aromatic rings. The maximum atomic E-state index is 13.6. The zero-order chi connectivity index (χ0) is 30.4. The highest BCUT2D eigenvalue weighted by atomic mass is 32.2. The van der Waals surface area contributed by atoms with Crippen LogP contribution >= 0.6 is 11.8 Å². The lowest BCUT2D eigenvalue weighted by Crippen LogP contribution is -2.48. The summed E-state index contributed by atoms with van der Waals surface area (Å²) >= 11 is 1.78. The van der Waals surface area contributed by atoms with Crippen LogP contribution in [0, 0.1) is 11.3 Å². The predicted octanol–water partition coefficient (Wildman–Crippen LogP) is 3.97. The van der Waals surface area contributed by atoms with E-state index in [4.69, 9.17) is 14.5 Å². The summed E-state index contributed by atoms with van der Waals surface area (Å²) in [5.74, 6) is 0.989. The van der Waals surface area contributed by atoms with Gasteiger partial charge in [0.05, 0.1) is 12.1 Å². The third-order valence-corrected chi connectivity index (χ3v) is 9.25. The number of piperazine rings is 1. The molecule has 1 N–H and O–H groups in total. The van der Waals surface area contributed by atoms with Crippen LogP contribution < -0.4 is 10.2 Å². The molecule has 0 radical (unpaired) electrons. The number of likely N-dealkylation sites (N-methyl/N-ethyl adjacent to an activating group) is 1. The van der Waals surface area contributed by atoms with Crippen LogP contribution in [0.4, 0.5) is 16.4 Å². The van der Waals surface area contributed by atoms with Crippen molar-refractivity contribution >= 4 is 35.3 Å². The van der Waals surface area contributed by atoms with Crippen LogP contribution in [-0.2, 0) is 33.7 Å². The first-order chi connectivity index (χ1) is 20.1. The third-order valence-electron chi connectivity index (χ3n) is 7.94. The minimum absolute atomic E-state index is 0.0612. The molecule has 0 aliphatic carbocycles. The molecule has 11 nitrogen and oxygen atoms in total. The van der Waals surface area contributed by atoms with E-state index in [0.717, 1.165) is 42.5 Å². The Morgan fingerprint density at radius 1 is 1.21 bits per heavy atom. The monoisotopic (exact) mass is 595 g/mol. The molecule has 0 bridgehead atoms. The fraction of sp³-hybridized carbons (Fsp3) is 0.567. The first-order valence-electron chi connectivity index (χ1n) is 14.2. The Morgan fingerprint density at radius 3 is 2.64 bits per heavy atom. The van der Waals surface area contributed by atoms with Crippen molar-refractivity contribution in [3.8, 4) is 6.07 Å². The molecule has 1 saturated heterocycles. The molecule has 2 aromatic heterocycles. The Kier molecular flexibility index (Phi) is 10.4. The minimum Gasteiger partial charge on any atom is -0.350 e. The van der Waals surface area contributed by atoms with Gasteiger partial charge in [-0.1, -0.05) is 13.8 Å². The topological polar surface area (TPSA) is 124 Å². The Bertz CT molecular complexity index is 1340. The van der Waals surface area contributed by atoms with E-state index >= 15 is 0 Å². The number of rotatable bonds is 10. The van der Waals surface area contributed by atoms with Crippen molar-refractivity contribution in [3.63, 3.8) is 0 Å². The zero-order valence-electron chi connectivity index (χ0n) is 25.4. The number of nitrogens with one attached hydrogen (secondary N) is 1. The van der Waals surface area contributed by atoms with Gasteiger partial charge in [-0.3, -0.25) is 19.9 Å². The molecule has 2 aliphatic rings. The lowest BCUT2D eigenvalue weighted by atomic mass is 9.99. The van der Waals surface area contributed by atoms with E-state index in [9.17, 15) is 14.9 Å². The highest BCUT2D eigenvalue weighted by molar-refractivity contribution is 7.99. The minimum atomic E-state index is -0.756. The number of anilines is 2. The van der Waals surface area contributed by atoms with Gasteiger partial charge < -0.3 is 14.4 Å². The Balaban J connectivity index is 1.60. The predicted molar refractivity (Wildman–Crippen MR) is 163 cm³/mol. The Morgan fingerprint density at radius 2 is 1.98 bits per heavy atom. The molecule has 0 aromatic carbocycles. The number of aromatic nitrogens is 2. The van der Waals surface area contributed by atoms with Crippen molar-refractivity contribution in [1.82, 2.24) is 19.8 Å². The van der Waals surface area contributed by atoms with E-state index < -0.39 is 6.29 Å². The number of nitriles is 1. The number of urea groups is 1. The van der Waals surface area contributed by atoms with Crippen LogP contribution in [0.25, 0.3) is 0 Å². The van der Waals surface area contributed by atoms with E-state index in [1.807, 2.05) is 22.9 Å². The van der Waals surface area contributed by atoms with Gasteiger partial charge in [-0.05, 0) is 67.8 Å². The molecule has 0 atom stereocenters. The van der Waals surface area contributed by atoms with Gasteiger partial charge in [-0.25, -0.2) is 14.8 Å². The molecule has 226 valence electrons. The molecule has 4 heterocycles. The number of pyridine rings is 2. The van der Waals surface area contributed by atoms with Crippen LogP contribution in [0.3, 0.4) is 0 Å². The Labute approximate surface area is 252 Å². The molecule has 42 heavy (non-hydrogen) atoms. The summed E-state index contributed by atoms with van der Waals surface area (Å²) in [6.45, 7) is 7.02. The summed E-state index contributed by atoms with van der Waals surface area (Å²) in [6, 6.07) is 5.69. The fourth-order valence-corrected chi connectivity index (χ4v) is 5.50. The van der Waals surface area contributed by atoms with Gasteiger partial charge >= 0.3 is 6.03 Å². The van der Waals surface area contributed by atoms with Gasteiger partial charge in [0.25, 0.3) is 0 Å². The van der Waals surface area contributed by atoms with Gasteiger partial charge in [0, 0.05) is 51.3 Å². The van der Waals surface area contributed by atoms with Crippen LogP contribution in [0.15, 0.2) is 18.3 Å². The number of methoxy groups -OCH3 is 2. The lowest BCUT2D eigenvalue weighted by Gasteiger charge is -2.34. The van der Waals surface area contributed by atoms with E-state index in [-0.39, 0.29) is 16.7 Å². The molecule has 3 amide bonds. The smallest absolute Gasteiger partial charge is 0.328 e. The number of carbonyl (C=O) groups is 2. The molecule has 12 heteroatoms. The average Bonchev–Trinajstić information content (AvgIpc) is 2.98. The van der Waals surface area contributed by atoms with Crippen molar-refractivity contribution in [2.24, 2.45) is 0 Å². The number of carbonyl (C=O) groups excluding carboxylic acids is 2. The van der Waals surface area contributed by atoms with Crippen LogP contribution in [-0.4, -0.2) is 90.2 Å². The van der Waals surface area contributed by atoms with Gasteiger partial charge in [-0.2, -0.15) is 17.0 Å². The average molecular weight is 596 g/mol. The molecule has 4 rings (SSSR count). The van der Waals surface area contributed by atoms with Crippen molar-refractivity contribution in [3.05, 3.63) is 46.3 Å². The maximum absolute atomic E-state index is 13.6. The van der Waals surface area contributed by atoms with Crippen molar-refractivity contribution in [2.45, 2.75) is 57.1 Å².